The quantitative estimate of drug-likeness (QED) is 0.552. The van der Waals surface area contributed by atoms with Crippen LogP contribution in [0.5, 0.6) is 0 Å². The number of hydrogen-bond donors (Lipinski definition) is 0. The van der Waals surface area contributed by atoms with E-state index in [9.17, 15) is 12.9 Å². The SMILES string of the molecule is F[B-](F)(F)c1cccc(Cl)c1.[K+]. The van der Waals surface area contributed by atoms with E-state index in [-0.39, 0.29) is 56.4 Å². The Balaban J connectivity index is 0.00000121. The zero-order valence-corrected chi connectivity index (χ0v) is 10.3. The Hall–Kier alpha value is 1.00. The molecule has 0 heterocycles. The summed E-state index contributed by atoms with van der Waals surface area (Å²) >= 11 is 5.36. The van der Waals surface area contributed by atoms with Crippen LogP contribution >= 0.6 is 11.6 Å². The first-order valence-electron chi connectivity index (χ1n) is 2.95. The van der Waals surface area contributed by atoms with Crippen molar-refractivity contribution in [3.05, 3.63) is 29.3 Å². The molecular weight excluding hydrogens is 214 g/mol. The molecule has 0 saturated carbocycles. The Labute approximate surface area is 116 Å². The van der Waals surface area contributed by atoms with Crippen molar-refractivity contribution >= 4 is 24.0 Å². The predicted octanol–water partition coefficient (Wildman–Crippen LogP) is -0.602. The van der Waals surface area contributed by atoms with Gasteiger partial charge in [0.25, 0.3) is 0 Å². The standard InChI is InChI=1S/C6H4BClF3.K/c8-6-3-1-2-5(4-6)7(9,10)11;/h1-4H;/q-1;+1. The molecule has 0 fully saturated rings. The average Bonchev–Trinajstić information content (AvgIpc) is 1.86. The van der Waals surface area contributed by atoms with Crippen molar-refractivity contribution in [3.8, 4) is 0 Å². The third-order valence-electron chi connectivity index (χ3n) is 1.23. The Kier molecular flexibility index (Phi) is 5.44. The number of benzene rings is 1. The van der Waals surface area contributed by atoms with Gasteiger partial charge in [0.2, 0.25) is 0 Å². The van der Waals surface area contributed by atoms with Crippen LogP contribution in [-0.4, -0.2) is 6.98 Å². The van der Waals surface area contributed by atoms with E-state index in [1.807, 2.05) is 0 Å². The van der Waals surface area contributed by atoms with Crippen LogP contribution in [0.25, 0.3) is 0 Å². The molecule has 12 heavy (non-hydrogen) atoms. The fourth-order valence-electron chi connectivity index (χ4n) is 0.710. The molecule has 1 aromatic carbocycles. The molecule has 0 N–H and O–H groups in total. The van der Waals surface area contributed by atoms with Gasteiger partial charge in [0, 0.05) is 5.02 Å². The van der Waals surface area contributed by atoms with Gasteiger partial charge in [-0.2, -0.15) is 0 Å². The van der Waals surface area contributed by atoms with Crippen molar-refractivity contribution in [1.29, 1.82) is 0 Å². The molecule has 0 spiro atoms. The maximum Gasteiger partial charge on any atom is 1.00 e. The molecule has 0 bridgehead atoms. The summed E-state index contributed by atoms with van der Waals surface area (Å²) < 4.78 is 35.9. The number of hydrogen-bond acceptors (Lipinski definition) is 0. The smallest absolute Gasteiger partial charge is 0.445 e. The molecule has 0 amide bonds. The first-order valence-corrected chi connectivity index (χ1v) is 3.33. The largest absolute Gasteiger partial charge is 1.00 e. The van der Waals surface area contributed by atoms with Crippen LogP contribution in [0, 0.1) is 0 Å². The van der Waals surface area contributed by atoms with Gasteiger partial charge < -0.3 is 12.9 Å². The summed E-state index contributed by atoms with van der Waals surface area (Å²) in [7, 11) is 0. The molecule has 6 heteroatoms. The monoisotopic (exact) mass is 218 g/mol. The van der Waals surface area contributed by atoms with Gasteiger partial charge in [-0.15, -0.1) is 5.46 Å². The maximum atomic E-state index is 12.0. The molecule has 0 radical (unpaired) electrons. The van der Waals surface area contributed by atoms with Crippen molar-refractivity contribution in [1.82, 2.24) is 0 Å². The van der Waals surface area contributed by atoms with Crippen LogP contribution < -0.4 is 56.8 Å². The summed E-state index contributed by atoms with van der Waals surface area (Å²) in [6.45, 7) is -4.91. The van der Waals surface area contributed by atoms with Gasteiger partial charge in [-0.25, -0.2) is 0 Å². The van der Waals surface area contributed by atoms with Crippen LogP contribution in [0.15, 0.2) is 24.3 Å². The average molecular weight is 218 g/mol. The molecule has 0 aliphatic carbocycles. The van der Waals surface area contributed by atoms with E-state index in [0.717, 1.165) is 12.1 Å². The van der Waals surface area contributed by atoms with Crippen LogP contribution in [-0.2, 0) is 0 Å². The van der Waals surface area contributed by atoms with E-state index in [2.05, 4.69) is 0 Å². The predicted molar refractivity (Wildman–Crippen MR) is 40.2 cm³/mol. The Morgan fingerprint density at radius 3 is 2.08 bits per heavy atom. The summed E-state index contributed by atoms with van der Waals surface area (Å²) in [6, 6.07) is 4.62. The molecule has 0 aliphatic rings. The van der Waals surface area contributed by atoms with E-state index >= 15 is 0 Å². The van der Waals surface area contributed by atoms with Gasteiger partial charge in [-0.05, 0) is 6.07 Å². The minimum Gasteiger partial charge on any atom is -0.445 e. The Morgan fingerprint density at radius 1 is 1.17 bits per heavy atom. The maximum absolute atomic E-state index is 12.0. The van der Waals surface area contributed by atoms with Crippen molar-refractivity contribution in [2.75, 3.05) is 0 Å². The second kappa shape index (κ2) is 5.03. The normalized spacial score (nSPS) is 10.7. The van der Waals surface area contributed by atoms with E-state index in [0.29, 0.717) is 0 Å². The van der Waals surface area contributed by atoms with E-state index in [4.69, 9.17) is 11.6 Å². The van der Waals surface area contributed by atoms with E-state index in [1.54, 1.807) is 0 Å². The zero-order chi connectivity index (χ0) is 8.48. The molecule has 1 aromatic rings. The first kappa shape index (κ1) is 13.0. The topological polar surface area (TPSA) is 0 Å². The van der Waals surface area contributed by atoms with Crippen molar-refractivity contribution in [2.24, 2.45) is 0 Å². The van der Waals surface area contributed by atoms with Gasteiger partial charge >= 0.3 is 58.4 Å². The van der Waals surface area contributed by atoms with Gasteiger partial charge in [0.15, 0.2) is 0 Å². The molecule has 0 atom stereocenters. The molecule has 0 saturated heterocycles. The first-order chi connectivity index (χ1) is 5.00. The van der Waals surface area contributed by atoms with Crippen molar-refractivity contribution < 1.29 is 64.3 Å². The van der Waals surface area contributed by atoms with Crippen molar-refractivity contribution in [2.45, 2.75) is 0 Å². The van der Waals surface area contributed by atoms with Crippen molar-refractivity contribution in [3.63, 3.8) is 0 Å². The molecule has 0 aromatic heterocycles. The summed E-state index contributed by atoms with van der Waals surface area (Å²) in [4.78, 5) is 0. The number of rotatable bonds is 1. The van der Waals surface area contributed by atoms with Gasteiger partial charge in [-0.1, -0.05) is 29.8 Å². The van der Waals surface area contributed by atoms with Crippen LogP contribution in [0.1, 0.15) is 0 Å². The van der Waals surface area contributed by atoms with Crippen LogP contribution in [0.2, 0.25) is 5.02 Å². The van der Waals surface area contributed by atoms with Gasteiger partial charge in [-0.3, -0.25) is 0 Å². The fraction of sp³-hybridized carbons (Fsp3) is 0. The second-order valence-corrected chi connectivity index (χ2v) is 2.57. The van der Waals surface area contributed by atoms with Gasteiger partial charge in [0.05, 0.1) is 0 Å². The summed E-state index contributed by atoms with van der Waals surface area (Å²) in [6.07, 6.45) is 0. The molecular formula is C6H4BClF3K. The van der Waals surface area contributed by atoms with E-state index in [1.165, 1.54) is 12.1 Å². The second-order valence-electron chi connectivity index (χ2n) is 2.13. The summed E-state index contributed by atoms with van der Waals surface area (Å²) in [5, 5.41) is 0.113. The number of halogens is 4. The molecule has 0 aliphatic heterocycles. The van der Waals surface area contributed by atoms with Gasteiger partial charge in [0.1, 0.15) is 0 Å². The third-order valence-corrected chi connectivity index (χ3v) is 1.46. The Bertz CT molecular complexity index is 263. The molecule has 1 rings (SSSR count). The van der Waals surface area contributed by atoms with Crippen LogP contribution in [0.3, 0.4) is 0 Å². The fourth-order valence-corrected chi connectivity index (χ4v) is 0.909. The van der Waals surface area contributed by atoms with Crippen LogP contribution in [0.4, 0.5) is 12.9 Å². The zero-order valence-electron chi connectivity index (χ0n) is 6.40. The summed E-state index contributed by atoms with van der Waals surface area (Å²) in [5.74, 6) is 0. The minimum atomic E-state index is -4.91. The molecule has 60 valence electrons. The molecule has 0 nitrogen and oxygen atoms in total. The molecule has 0 unspecified atom stereocenters. The minimum absolute atomic E-state index is 0. The third kappa shape index (κ3) is 3.81. The Morgan fingerprint density at radius 2 is 1.75 bits per heavy atom. The summed E-state index contributed by atoms with van der Waals surface area (Å²) in [5.41, 5.74) is -0.655. The van der Waals surface area contributed by atoms with E-state index < -0.39 is 12.4 Å².